The van der Waals surface area contributed by atoms with Crippen molar-refractivity contribution in [3.8, 4) is 0 Å². The lowest BCUT2D eigenvalue weighted by atomic mass is 10.1. The van der Waals surface area contributed by atoms with E-state index in [9.17, 15) is 9.59 Å². The van der Waals surface area contributed by atoms with Crippen LogP contribution in [0.1, 0.15) is 19.3 Å². The molecule has 4 N–H and O–H groups in total. The Kier molecular flexibility index (Phi) is 2.85. The standard InChI is InChI=1S/C12H19N5O2/c1-16-10(13)9(11(18)15-12(16)19)14-7-4-6-17-5-2-3-8(7)17/h7-8,14H,2-6,13H2,1H3,(H,15,18,19). The number of nitrogen functional groups attached to an aromatic ring is 1. The van der Waals surface area contributed by atoms with Crippen LogP contribution >= 0.6 is 0 Å². The predicted octanol–water partition coefficient (Wildman–Crippen LogP) is -0.696. The van der Waals surface area contributed by atoms with Gasteiger partial charge in [-0.1, -0.05) is 0 Å². The molecule has 7 nitrogen and oxygen atoms in total. The van der Waals surface area contributed by atoms with Crippen molar-refractivity contribution in [1.82, 2.24) is 14.5 Å². The summed E-state index contributed by atoms with van der Waals surface area (Å²) in [7, 11) is 1.55. The van der Waals surface area contributed by atoms with Crippen molar-refractivity contribution >= 4 is 11.5 Å². The van der Waals surface area contributed by atoms with Crippen molar-refractivity contribution in [2.24, 2.45) is 7.05 Å². The SMILES string of the molecule is Cn1c(N)c(NC2CCN3CCCC23)c(=O)[nH]c1=O. The third-order valence-electron chi connectivity index (χ3n) is 4.31. The van der Waals surface area contributed by atoms with Gasteiger partial charge < -0.3 is 11.1 Å². The van der Waals surface area contributed by atoms with Gasteiger partial charge >= 0.3 is 5.69 Å². The quantitative estimate of drug-likeness (QED) is 0.657. The zero-order valence-corrected chi connectivity index (χ0v) is 11.0. The molecular formula is C12H19N5O2. The van der Waals surface area contributed by atoms with Gasteiger partial charge in [-0.3, -0.25) is 19.2 Å². The summed E-state index contributed by atoms with van der Waals surface area (Å²) in [4.78, 5) is 28.0. The molecule has 0 saturated carbocycles. The highest BCUT2D eigenvalue weighted by Crippen LogP contribution is 2.30. The second-order valence-corrected chi connectivity index (χ2v) is 5.36. The zero-order chi connectivity index (χ0) is 13.6. The summed E-state index contributed by atoms with van der Waals surface area (Å²) in [5.74, 6) is 0.199. The van der Waals surface area contributed by atoms with Gasteiger partial charge in [-0.05, 0) is 25.8 Å². The van der Waals surface area contributed by atoms with Gasteiger partial charge in [0.15, 0.2) is 0 Å². The molecule has 2 atom stereocenters. The monoisotopic (exact) mass is 265 g/mol. The van der Waals surface area contributed by atoms with Gasteiger partial charge in [0.25, 0.3) is 5.56 Å². The molecule has 1 aromatic rings. The summed E-state index contributed by atoms with van der Waals surface area (Å²) >= 11 is 0. The highest BCUT2D eigenvalue weighted by atomic mass is 16.2. The van der Waals surface area contributed by atoms with Crippen LogP contribution in [-0.4, -0.2) is 39.6 Å². The Morgan fingerprint density at radius 3 is 2.89 bits per heavy atom. The first-order chi connectivity index (χ1) is 9.08. The Morgan fingerprint density at radius 1 is 1.32 bits per heavy atom. The van der Waals surface area contributed by atoms with Crippen molar-refractivity contribution in [2.45, 2.75) is 31.3 Å². The minimum Gasteiger partial charge on any atom is -0.383 e. The van der Waals surface area contributed by atoms with E-state index >= 15 is 0 Å². The number of H-pyrrole nitrogens is 1. The van der Waals surface area contributed by atoms with Crippen LogP contribution in [0.5, 0.6) is 0 Å². The second kappa shape index (κ2) is 4.41. The number of rotatable bonds is 2. The second-order valence-electron chi connectivity index (χ2n) is 5.36. The predicted molar refractivity (Wildman–Crippen MR) is 73.3 cm³/mol. The first kappa shape index (κ1) is 12.3. The summed E-state index contributed by atoms with van der Waals surface area (Å²) in [5, 5.41) is 3.25. The number of hydrogen-bond acceptors (Lipinski definition) is 5. The van der Waals surface area contributed by atoms with E-state index in [1.54, 1.807) is 7.05 Å². The maximum Gasteiger partial charge on any atom is 0.329 e. The number of nitrogens with zero attached hydrogens (tertiary/aromatic N) is 2. The summed E-state index contributed by atoms with van der Waals surface area (Å²) in [6, 6.07) is 0.722. The lowest BCUT2D eigenvalue weighted by molar-refractivity contribution is 0.318. The number of nitrogens with two attached hydrogens (primary N) is 1. The lowest BCUT2D eigenvalue weighted by Gasteiger charge is -2.22. The lowest BCUT2D eigenvalue weighted by Crippen LogP contribution is -2.38. The third-order valence-corrected chi connectivity index (χ3v) is 4.31. The van der Waals surface area contributed by atoms with E-state index in [0.29, 0.717) is 11.7 Å². The van der Waals surface area contributed by atoms with E-state index in [1.807, 2.05) is 0 Å². The molecule has 1 aromatic heterocycles. The van der Waals surface area contributed by atoms with Crippen LogP contribution in [-0.2, 0) is 7.05 Å². The molecule has 2 aliphatic heterocycles. The molecule has 3 rings (SSSR count). The van der Waals surface area contributed by atoms with Crippen LogP contribution < -0.4 is 22.3 Å². The van der Waals surface area contributed by atoms with Gasteiger partial charge in [-0.2, -0.15) is 0 Å². The molecule has 2 fully saturated rings. The molecule has 0 aliphatic carbocycles. The van der Waals surface area contributed by atoms with Gasteiger partial charge in [0.1, 0.15) is 11.5 Å². The Balaban J connectivity index is 1.90. The Labute approximate surface area is 110 Å². The number of fused-ring (bicyclic) bond motifs is 1. The van der Waals surface area contributed by atoms with E-state index < -0.39 is 11.2 Å². The van der Waals surface area contributed by atoms with Crippen LogP contribution in [0.15, 0.2) is 9.59 Å². The van der Waals surface area contributed by atoms with Gasteiger partial charge in [0, 0.05) is 25.7 Å². The van der Waals surface area contributed by atoms with Crippen molar-refractivity contribution in [2.75, 3.05) is 24.1 Å². The van der Waals surface area contributed by atoms with E-state index in [-0.39, 0.29) is 11.9 Å². The first-order valence-corrected chi connectivity index (χ1v) is 6.67. The number of hydrogen-bond donors (Lipinski definition) is 3. The zero-order valence-electron chi connectivity index (χ0n) is 11.0. The highest BCUT2D eigenvalue weighted by molar-refractivity contribution is 5.61. The molecule has 2 saturated heterocycles. The maximum atomic E-state index is 11.9. The Hall–Kier alpha value is -1.76. The number of nitrogens with one attached hydrogen (secondary N) is 2. The van der Waals surface area contributed by atoms with E-state index in [2.05, 4.69) is 15.2 Å². The fourth-order valence-electron chi connectivity index (χ4n) is 3.21. The summed E-state index contributed by atoms with van der Waals surface area (Å²) < 4.78 is 1.26. The van der Waals surface area contributed by atoms with Gasteiger partial charge in [0.05, 0.1) is 0 Å². The van der Waals surface area contributed by atoms with E-state index in [0.717, 1.165) is 25.9 Å². The van der Waals surface area contributed by atoms with Crippen molar-refractivity contribution in [3.63, 3.8) is 0 Å². The number of aromatic amines is 1. The molecule has 19 heavy (non-hydrogen) atoms. The summed E-state index contributed by atoms with van der Waals surface area (Å²) in [6.07, 6.45) is 3.37. The third kappa shape index (κ3) is 1.94. The van der Waals surface area contributed by atoms with Crippen LogP contribution in [0.25, 0.3) is 0 Å². The molecule has 0 amide bonds. The van der Waals surface area contributed by atoms with Gasteiger partial charge in [-0.15, -0.1) is 0 Å². The van der Waals surface area contributed by atoms with Crippen molar-refractivity contribution in [1.29, 1.82) is 0 Å². The molecule has 0 bridgehead atoms. The van der Waals surface area contributed by atoms with E-state index in [1.165, 1.54) is 11.0 Å². The number of aromatic nitrogens is 2. The minimum atomic E-state index is -0.484. The largest absolute Gasteiger partial charge is 0.383 e. The first-order valence-electron chi connectivity index (χ1n) is 6.67. The average molecular weight is 265 g/mol. The average Bonchev–Trinajstić information content (AvgIpc) is 2.96. The normalized spacial score (nSPS) is 26.6. The Morgan fingerprint density at radius 2 is 2.11 bits per heavy atom. The summed E-state index contributed by atoms with van der Waals surface area (Å²) in [5.41, 5.74) is 5.27. The summed E-state index contributed by atoms with van der Waals surface area (Å²) in [6.45, 7) is 2.20. The molecule has 104 valence electrons. The topological polar surface area (TPSA) is 96.2 Å². The molecule has 2 unspecified atom stereocenters. The van der Waals surface area contributed by atoms with Crippen LogP contribution in [0, 0.1) is 0 Å². The highest BCUT2D eigenvalue weighted by Gasteiger charge is 2.37. The molecule has 3 heterocycles. The molecule has 0 radical (unpaired) electrons. The van der Waals surface area contributed by atoms with Gasteiger partial charge in [-0.25, -0.2) is 4.79 Å². The molecule has 0 spiro atoms. The Bertz CT molecular complexity index is 605. The fraction of sp³-hybridized carbons (Fsp3) is 0.667. The van der Waals surface area contributed by atoms with Gasteiger partial charge in [0.2, 0.25) is 0 Å². The number of anilines is 2. The fourth-order valence-corrected chi connectivity index (χ4v) is 3.21. The molecule has 2 aliphatic rings. The van der Waals surface area contributed by atoms with Crippen LogP contribution in [0.2, 0.25) is 0 Å². The van der Waals surface area contributed by atoms with Crippen LogP contribution in [0.4, 0.5) is 11.5 Å². The van der Waals surface area contributed by atoms with Crippen molar-refractivity contribution < 1.29 is 0 Å². The molecular weight excluding hydrogens is 246 g/mol. The smallest absolute Gasteiger partial charge is 0.329 e. The van der Waals surface area contributed by atoms with Crippen LogP contribution in [0.3, 0.4) is 0 Å². The maximum absolute atomic E-state index is 11.9. The van der Waals surface area contributed by atoms with Crippen molar-refractivity contribution in [3.05, 3.63) is 20.8 Å². The molecule has 0 aromatic carbocycles. The molecule has 7 heteroatoms. The minimum absolute atomic E-state index is 0.199. The van der Waals surface area contributed by atoms with E-state index in [4.69, 9.17) is 5.73 Å².